The van der Waals surface area contributed by atoms with Gasteiger partial charge >= 0.3 is 0 Å². The van der Waals surface area contributed by atoms with Crippen molar-refractivity contribution in [2.75, 3.05) is 5.75 Å². The molecule has 0 bridgehead atoms. The highest BCUT2D eigenvalue weighted by atomic mass is 32.2. The van der Waals surface area contributed by atoms with E-state index in [-0.39, 0.29) is 28.6 Å². The number of thioether (sulfide) groups is 1. The van der Waals surface area contributed by atoms with Crippen molar-refractivity contribution in [1.82, 2.24) is 19.8 Å². The number of aromatic nitrogens is 4. The van der Waals surface area contributed by atoms with Crippen LogP contribution in [-0.4, -0.2) is 31.3 Å². The lowest BCUT2D eigenvalue weighted by atomic mass is 10.1. The van der Waals surface area contributed by atoms with Gasteiger partial charge in [-0.1, -0.05) is 23.1 Å². The van der Waals surface area contributed by atoms with Crippen LogP contribution in [0.5, 0.6) is 0 Å². The maximum atomic E-state index is 12.8. The molecule has 0 saturated heterocycles. The molecule has 0 saturated carbocycles. The van der Waals surface area contributed by atoms with Gasteiger partial charge in [-0.05, 0) is 31.2 Å². The van der Waals surface area contributed by atoms with Gasteiger partial charge in [-0.2, -0.15) is 4.52 Å². The summed E-state index contributed by atoms with van der Waals surface area (Å²) in [6, 6.07) is 5.37. The summed E-state index contributed by atoms with van der Waals surface area (Å²) >= 11 is 2.39. The molecule has 0 unspecified atom stereocenters. The van der Waals surface area contributed by atoms with Crippen molar-refractivity contribution in [2.24, 2.45) is 0 Å². The molecular formula is C13H9FN4O2S2. The van der Waals surface area contributed by atoms with Gasteiger partial charge in [-0.15, -0.1) is 15.3 Å². The van der Waals surface area contributed by atoms with Gasteiger partial charge in [0, 0.05) is 5.56 Å². The summed E-state index contributed by atoms with van der Waals surface area (Å²) in [4.78, 5) is 24.2. The summed E-state index contributed by atoms with van der Waals surface area (Å²) in [5, 5.41) is 11.8. The van der Waals surface area contributed by atoms with Crippen LogP contribution in [-0.2, 0) is 0 Å². The van der Waals surface area contributed by atoms with E-state index in [1.807, 2.05) is 0 Å². The normalized spacial score (nSPS) is 11.0. The molecule has 1 aromatic carbocycles. The lowest BCUT2D eigenvalue weighted by Crippen LogP contribution is -2.19. The number of carbonyl (C=O) groups excluding carboxylic acids is 1. The first-order valence-corrected chi connectivity index (χ1v) is 7.99. The fourth-order valence-electron chi connectivity index (χ4n) is 1.68. The van der Waals surface area contributed by atoms with Crippen LogP contribution in [0.4, 0.5) is 4.39 Å². The zero-order chi connectivity index (χ0) is 15.7. The molecule has 112 valence electrons. The minimum atomic E-state index is -0.385. The summed E-state index contributed by atoms with van der Waals surface area (Å²) < 4.78 is 14.5. The van der Waals surface area contributed by atoms with Crippen LogP contribution in [0.3, 0.4) is 0 Å². The number of ketones is 1. The molecular weight excluding hydrogens is 327 g/mol. The molecule has 3 aromatic rings. The van der Waals surface area contributed by atoms with Crippen molar-refractivity contribution in [3.8, 4) is 0 Å². The molecule has 9 heteroatoms. The second kappa shape index (κ2) is 5.93. The number of hydrogen-bond acceptors (Lipinski definition) is 7. The third-order valence-corrected chi connectivity index (χ3v) is 4.85. The van der Waals surface area contributed by atoms with E-state index in [2.05, 4.69) is 15.3 Å². The summed E-state index contributed by atoms with van der Waals surface area (Å²) in [5.41, 5.74) is 0.377. The number of nitrogens with zero attached hydrogens (tertiary/aromatic N) is 4. The summed E-state index contributed by atoms with van der Waals surface area (Å²) in [6.07, 6.45) is 0. The highest BCUT2D eigenvalue weighted by Gasteiger charge is 2.12. The Hall–Kier alpha value is -2.13. The van der Waals surface area contributed by atoms with Crippen LogP contribution in [0.25, 0.3) is 4.96 Å². The van der Waals surface area contributed by atoms with Gasteiger partial charge in [0.2, 0.25) is 4.96 Å². The Bertz CT molecular complexity index is 905. The van der Waals surface area contributed by atoms with E-state index in [9.17, 15) is 14.0 Å². The van der Waals surface area contributed by atoms with E-state index >= 15 is 0 Å². The highest BCUT2D eigenvalue weighted by molar-refractivity contribution is 8.01. The number of benzene rings is 1. The van der Waals surface area contributed by atoms with Gasteiger partial charge < -0.3 is 0 Å². The minimum absolute atomic E-state index is 0.140. The average Bonchev–Trinajstić information content (AvgIpc) is 2.93. The standard InChI is InChI=1S/C13H9FN4O2S2/c1-7-11(20)18-12(16-15-7)22-13(17-18)21-6-10(19)8-2-4-9(14)5-3-8/h2-5H,6H2,1H3. The SMILES string of the molecule is Cc1nnc2sc(SCC(=O)c3ccc(F)cc3)nn2c1=O. The lowest BCUT2D eigenvalue weighted by Gasteiger charge is -1.98. The van der Waals surface area contributed by atoms with E-state index in [0.717, 1.165) is 0 Å². The highest BCUT2D eigenvalue weighted by Crippen LogP contribution is 2.23. The van der Waals surface area contributed by atoms with E-state index in [0.29, 0.717) is 14.9 Å². The Balaban J connectivity index is 1.76. The van der Waals surface area contributed by atoms with Crippen LogP contribution >= 0.6 is 23.1 Å². The van der Waals surface area contributed by atoms with Crippen LogP contribution in [0.15, 0.2) is 33.4 Å². The van der Waals surface area contributed by atoms with Crippen molar-refractivity contribution in [3.05, 3.63) is 51.7 Å². The third kappa shape index (κ3) is 2.90. The van der Waals surface area contributed by atoms with Crippen molar-refractivity contribution < 1.29 is 9.18 Å². The monoisotopic (exact) mass is 336 g/mol. The van der Waals surface area contributed by atoms with Crippen molar-refractivity contribution in [1.29, 1.82) is 0 Å². The van der Waals surface area contributed by atoms with Gasteiger partial charge in [0.1, 0.15) is 11.5 Å². The molecule has 0 fully saturated rings. The topological polar surface area (TPSA) is 77.2 Å². The van der Waals surface area contributed by atoms with Crippen molar-refractivity contribution in [2.45, 2.75) is 11.3 Å². The summed E-state index contributed by atoms with van der Waals surface area (Å²) in [5.74, 6) is -0.380. The number of halogens is 1. The first-order chi connectivity index (χ1) is 10.5. The van der Waals surface area contributed by atoms with Crippen molar-refractivity contribution in [3.63, 3.8) is 0 Å². The Morgan fingerprint density at radius 1 is 1.32 bits per heavy atom. The molecule has 22 heavy (non-hydrogen) atoms. The van der Waals surface area contributed by atoms with Crippen LogP contribution in [0.2, 0.25) is 0 Å². The molecule has 0 aliphatic carbocycles. The summed E-state index contributed by atoms with van der Waals surface area (Å²) in [7, 11) is 0. The maximum absolute atomic E-state index is 12.8. The molecule has 0 aliphatic rings. The number of carbonyl (C=O) groups is 1. The van der Waals surface area contributed by atoms with Crippen LogP contribution < -0.4 is 5.56 Å². The predicted octanol–water partition coefficient (Wildman–Crippen LogP) is 1.97. The molecule has 0 aliphatic heterocycles. The Morgan fingerprint density at radius 3 is 2.77 bits per heavy atom. The second-order valence-electron chi connectivity index (χ2n) is 4.37. The first kappa shape index (κ1) is 14.8. The van der Waals surface area contributed by atoms with E-state index < -0.39 is 0 Å². The molecule has 6 nitrogen and oxygen atoms in total. The Morgan fingerprint density at radius 2 is 2.05 bits per heavy atom. The fraction of sp³-hybridized carbons (Fsp3) is 0.154. The number of fused-ring (bicyclic) bond motifs is 1. The van der Waals surface area contributed by atoms with E-state index in [1.54, 1.807) is 6.92 Å². The quantitative estimate of drug-likeness (QED) is 0.535. The molecule has 2 aromatic heterocycles. The van der Waals surface area contributed by atoms with Crippen molar-refractivity contribution >= 4 is 33.8 Å². The Kier molecular flexibility index (Phi) is 3.99. The number of hydrogen-bond donors (Lipinski definition) is 0. The van der Waals surface area contributed by atoms with Crippen LogP contribution in [0.1, 0.15) is 16.1 Å². The first-order valence-electron chi connectivity index (χ1n) is 6.19. The molecule has 2 heterocycles. The van der Waals surface area contributed by atoms with E-state index in [1.165, 1.54) is 51.9 Å². The largest absolute Gasteiger partial charge is 0.296 e. The fourth-order valence-corrected chi connectivity index (χ4v) is 3.45. The number of aryl methyl sites for hydroxylation is 1. The number of rotatable bonds is 4. The van der Waals surface area contributed by atoms with Gasteiger partial charge in [-0.25, -0.2) is 4.39 Å². The molecule has 3 rings (SSSR count). The maximum Gasteiger partial charge on any atom is 0.296 e. The molecule has 0 N–H and O–H groups in total. The predicted molar refractivity (Wildman–Crippen MR) is 81.1 cm³/mol. The van der Waals surface area contributed by atoms with Gasteiger partial charge in [-0.3, -0.25) is 9.59 Å². The number of Topliss-reactive ketones (excluding diaryl/α,β-unsaturated/α-hetero) is 1. The van der Waals surface area contributed by atoms with Gasteiger partial charge in [0.25, 0.3) is 5.56 Å². The molecule has 0 amide bonds. The molecule has 0 spiro atoms. The molecule has 0 radical (unpaired) electrons. The zero-order valence-corrected chi connectivity index (χ0v) is 12.9. The van der Waals surface area contributed by atoms with Crippen LogP contribution in [0, 0.1) is 12.7 Å². The smallest absolute Gasteiger partial charge is 0.293 e. The average molecular weight is 336 g/mol. The lowest BCUT2D eigenvalue weighted by molar-refractivity contribution is 0.102. The Labute approximate surface area is 132 Å². The van der Waals surface area contributed by atoms with E-state index in [4.69, 9.17) is 0 Å². The van der Waals surface area contributed by atoms with Gasteiger partial charge in [0.05, 0.1) is 5.75 Å². The zero-order valence-electron chi connectivity index (χ0n) is 11.3. The van der Waals surface area contributed by atoms with Gasteiger partial charge in [0.15, 0.2) is 10.1 Å². The minimum Gasteiger partial charge on any atom is -0.293 e. The third-order valence-electron chi connectivity index (χ3n) is 2.82. The molecule has 0 atom stereocenters. The summed E-state index contributed by atoms with van der Waals surface area (Å²) in [6.45, 7) is 1.56. The second-order valence-corrected chi connectivity index (χ2v) is 6.55.